The summed E-state index contributed by atoms with van der Waals surface area (Å²) in [7, 11) is 2.91. The summed E-state index contributed by atoms with van der Waals surface area (Å²) >= 11 is 1.36. The largest absolute Gasteiger partial charge is 0.469 e. The number of urea groups is 1. The fourth-order valence-corrected chi connectivity index (χ4v) is 1.89. The molecule has 0 aliphatic heterocycles. The molecule has 1 rings (SSSR count). The lowest BCUT2D eigenvalue weighted by Gasteiger charge is -1.99. The number of hydrogen-bond acceptors (Lipinski definition) is 5. The number of amides is 2. The zero-order valence-corrected chi connectivity index (χ0v) is 10.6. The molecule has 0 aliphatic carbocycles. The van der Waals surface area contributed by atoms with E-state index >= 15 is 0 Å². The number of rotatable bonds is 5. The smallest absolute Gasteiger partial charge is 0.320 e. The Morgan fingerprint density at radius 3 is 2.94 bits per heavy atom. The van der Waals surface area contributed by atoms with E-state index in [-0.39, 0.29) is 12.0 Å². The lowest BCUT2D eigenvalue weighted by molar-refractivity contribution is -0.140. The normalized spacial score (nSPS) is 9.76. The van der Waals surface area contributed by atoms with Gasteiger partial charge in [-0.15, -0.1) is 11.3 Å². The minimum Gasteiger partial charge on any atom is -0.469 e. The lowest BCUT2D eigenvalue weighted by atomic mass is 10.2. The van der Waals surface area contributed by atoms with E-state index in [9.17, 15) is 9.59 Å². The number of anilines is 1. The van der Waals surface area contributed by atoms with Crippen molar-refractivity contribution in [2.75, 3.05) is 19.5 Å². The lowest BCUT2D eigenvalue weighted by Crippen LogP contribution is -2.24. The summed E-state index contributed by atoms with van der Waals surface area (Å²) in [5, 5.41) is 7.45. The summed E-state index contributed by atoms with van der Waals surface area (Å²) in [6.07, 6.45) is 1.77. The van der Waals surface area contributed by atoms with Crippen LogP contribution in [0.15, 0.2) is 5.38 Å². The molecular weight excluding hydrogens is 242 g/mol. The first-order chi connectivity index (χ1) is 8.15. The van der Waals surface area contributed by atoms with Crippen LogP contribution < -0.4 is 10.6 Å². The number of thiazole rings is 1. The van der Waals surface area contributed by atoms with Crippen LogP contribution in [0.25, 0.3) is 0 Å². The molecule has 0 radical (unpaired) electrons. The molecule has 2 N–H and O–H groups in total. The van der Waals surface area contributed by atoms with Crippen molar-refractivity contribution in [2.24, 2.45) is 0 Å². The highest BCUT2D eigenvalue weighted by Crippen LogP contribution is 2.16. The molecule has 1 aromatic rings. The summed E-state index contributed by atoms with van der Waals surface area (Å²) in [5.74, 6) is -0.219. The first kappa shape index (κ1) is 13.4. The summed E-state index contributed by atoms with van der Waals surface area (Å²) in [6.45, 7) is 0. The monoisotopic (exact) mass is 257 g/mol. The van der Waals surface area contributed by atoms with Crippen molar-refractivity contribution in [3.05, 3.63) is 11.1 Å². The van der Waals surface area contributed by atoms with Gasteiger partial charge in [0.05, 0.1) is 12.8 Å². The Morgan fingerprint density at radius 1 is 1.53 bits per heavy atom. The van der Waals surface area contributed by atoms with Crippen molar-refractivity contribution in [1.29, 1.82) is 0 Å². The van der Waals surface area contributed by atoms with Gasteiger partial charge in [0, 0.05) is 18.8 Å². The summed E-state index contributed by atoms with van der Waals surface area (Å²) in [4.78, 5) is 26.1. The zero-order chi connectivity index (χ0) is 12.7. The van der Waals surface area contributed by atoms with Gasteiger partial charge in [-0.1, -0.05) is 0 Å². The van der Waals surface area contributed by atoms with Crippen molar-refractivity contribution in [1.82, 2.24) is 10.3 Å². The topological polar surface area (TPSA) is 80.3 Å². The van der Waals surface area contributed by atoms with E-state index in [1.54, 1.807) is 7.05 Å². The zero-order valence-electron chi connectivity index (χ0n) is 9.78. The predicted octanol–water partition coefficient (Wildman–Crippen LogP) is 1.39. The van der Waals surface area contributed by atoms with Gasteiger partial charge >= 0.3 is 12.0 Å². The standard InChI is InChI=1S/C10H15N3O3S/c1-11-9(15)13-10-12-7(6-17-10)4-3-5-8(14)16-2/h6H,3-5H2,1-2H3,(H2,11,12,13,15). The molecule has 17 heavy (non-hydrogen) atoms. The van der Waals surface area contributed by atoms with Crippen LogP contribution in [0.3, 0.4) is 0 Å². The van der Waals surface area contributed by atoms with Gasteiger partial charge in [0.2, 0.25) is 0 Å². The van der Waals surface area contributed by atoms with Gasteiger partial charge in [0.1, 0.15) is 0 Å². The number of hydrogen-bond donors (Lipinski definition) is 2. The van der Waals surface area contributed by atoms with Gasteiger partial charge in [-0.2, -0.15) is 0 Å². The number of carbonyl (C=O) groups is 2. The first-order valence-corrected chi connectivity index (χ1v) is 6.03. The molecule has 0 atom stereocenters. The van der Waals surface area contributed by atoms with Crippen LogP contribution in [-0.2, 0) is 16.0 Å². The molecule has 94 valence electrons. The minimum absolute atomic E-state index is 0.219. The molecule has 0 aliphatic rings. The Bertz CT molecular complexity index is 392. The number of ether oxygens (including phenoxy) is 1. The second-order valence-corrected chi connectivity index (χ2v) is 4.14. The highest BCUT2D eigenvalue weighted by molar-refractivity contribution is 7.13. The third kappa shape index (κ3) is 4.81. The van der Waals surface area contributed by atoms with Gasteiger partial charge in [0.15, 0.2) is 5.13 Å². The van der Waals surface area contributed by atoms with Gasteiger partial charge < -0.3 is 10.1 Å². The second-order valence-electron chi connectivity index (χ2n) is 3.28. The van der Waals surface area contributed by atoms with Crippen molar-refractivity contribution >= 4 is 28.5 Å². The molecule has 0 fully saturated rings. The molecule has 1 heterocycles. The summed E-state index contributed by atoms with van der Waals surface area (Å²) in [5.41, 5.74) is 0.866. The molecule has 0 spiro atoms. The quantitative estimate of drug-likeness (QED) is 0.781. The van der Waals surface area contributed by atoms with Gasteiger partial charge in [-0.25, -0.2) is 9.78 Å². The Balaban J connectivity index is 2.35. The summed E-state index contributed by atoms with van der Waals surface area (Å²) < 4.78 is 4.54. The highest BCUT2D eigenvalue weighted by Gasteiger charge is 2.06. The van der Waals surface area contributed by atoms with Crippen LogP contribution in [-0.4, -0.2) is 31.1 Å². The molecule has 0 unspecified atom stereocenters. The fourth-order valence-electron chi connectivity index (χ4n) is 1.15. The fraction of sp³-hybridized carbons (Fsp3) is 0.500. The molecule has 0 aromatic carbocycles. The van der Waals surface area contributed by atoms with Crippen molar-refractivity contribution in [3.8, 4) is 0 Å². The Labute approximate surface area is 103 Å². The van der Waals surface area contributed by atoms with Gasteiger partial charge in [-0.05, 0) is 12.8 Å². The van der Waals surface area contributed by atoms with E-state index in [0.29, 0.717) is 24.4 Å². The van der Waals surface area contributed by atoms with E-state index in [4.69, 9.17) is 0 Å². The number of nitrogens with zero attached hydrogens (tertiary/aromatic N) is 1. The number of aryl methyl sites for hydroxylation is 1. The molecule has 6 nitrogen and oxygen atoms in total. The second kappa shape index (κ2) is 6.85. The Kier molecular flexibility index (Phi) is 5.41. The molecule has 2 amide bonds. The van der Waals surface area contributed by atoms with Crippen LogP contribution in [0, 0.1) is 0 Å². The number of nitrogens with one attached hydrogen (secondary N) is 2. The van der Waals surface area contributed by atoms with Crippen molar-refractivity contribution in [3.63, 3.8) is 0 Å². The van der Waals surface area contributed by atoms with Gasteiger partial charge in [-0.3, -0.25) is 10.1 Å². The maximum Gasteiger partial charge on any atom is 0.320 e. The average Bonchev–Trinajstić information content (AvgIpc) is 2.76. The van der Waals surface area contributed by atoms with E-state index in [1.807, 2.05) is 5.38 Å². The molecule has 0 bridgehead atoms. The van der Waals surface area contributed by atoms with Crippen molar-refractivity contribution in [2.45, 2.75) is 19.3 Å². The molecule has 1 aromatic heterocycles. The number of carbonyl (C=O) groups excluding carboxylic acids is 2. The number of aromatic nitrogens is 1. The van der Waals surface area contributed by atoms with E-state index in [0.717, 1.165) is 5.69 Å². The molecule has 7 heteroatoms. The average molecular weight is 257 g/mol. The van der Waals surface area contributed by atoms with Crippen LogP contribution in [0.4, 0.5) is 9.93 Å². The third-order valence-electron chi connectivity index (χ3n) is 2.04. The third-order valence-corrected chi connectivity index (χ3v) is 2.85. The minimum atomic E-state index is -0.291. The van der Waals surface area contributed by atoms with Gasteiger partial charge in [0.25, 0.3) is 0 Å². The SMILES string of the molecule is CNC(=O)Nc1nc(CCCC(=O)OC)cs1. The Hall–Kier alpha value is -1.63. The molecule has 0 saturated carbocycles. The number of methoxy groups -OCH3 is 1. The van der Waals surface area contributed by atoms with E-state index in [1.165, 1.54) is 18.4 Å². The Morgan fingerprint density at radius 2 is 2.29 bits per heavy atom. The van der Waals surface area contributed by atoms with Crippen LogP contribution in [0.1, 0.15) is 18.5 Å². The molecule has 0 saturated heterocycles. The first-order valence-electron chi connectivity index (χ1n) is 5.15. The number of esters is 1. The maximum atomic E-state index is 11.0. The predicted molar refractivity (Wildman–Crippen MR) is 65.1 cm³/mol. The maximum absolute atomic E-state index is 11.0. The van der Waals surface area contributed by atoms with E-state index < -0.39 is 0 Å². The van der Waals surface area contributed by atoms with E-state index in [2.05, 4.69) is 20.4 Å². The van der Waals surface area contributed by atoms with Crippen molar-refractivity contribution < 1.29 is 14.3 Å². The van der Waals surface area contributed by atoms with Crippen LogP contribution in [0.2, 0.25) is 0 Å². The van der Waals surface area contributed by atoms with Crippen LogP contribution in [0.5, 0.6) is 0 Å². The summed E-state index contributed by atoms with van der Waals surface area (Å²) in [6, 6.07) is -0.291. The highest BCUT2D eigenvalue weighted by atomic mass is 32.1. The van der Waals surface area contributed by atoms with Crippen LogP contribution >= 0.6 is 11.3 Å². The molecular formula is C10H15N3O3S.